The number of anilines is 1. The first kappa shape index (κ1) is 21.9. The Morgan fingerprint density at radius 2 is 1.65 bits per heavy atom. The number of hydrogen-bond acceptors (Lipinski definition) is 5. The second-order valence-corrected chi connectivity index (χ2v) is 6.82. The third kappa shape index (κ3) is 6.60. The number of benzene rings is 3. The van der Waals surface area contributed by atoms with Crippen LogP contribution in [0.5, 0.6) is 11.5 Å². The molecule has 1 amide bonds. The van der Waals surface area contributed by atoms with Gasteiger partial charge >= 0.3 is 0 Å². The first-order valence-corrected chi connectivity index (χ1v) is 10.2. The van der Waals surface area contributed by atoms with Crippen LogP contribution in [0.2, 0.25) is 0 Å². The maximum atomic E-state index is 12.0. The maximum Gasteiger partial charge on any atom is 0.277 e. The predicted molar refractivity (Wildman–Crippen MR) is 124 cm³/mol. The maximum absolute atomic E-state index is 12.0. The van der Waals surface area contributed by atoms with Crippen molar-refractivity contribution in [2.75, 3.05) is 25.2 Å². The van der Waals surface area contributed by atoms with Crippen LogP contribution in [-0.4, -0.2) is 32.4 Å². The lowest BCUT2D eigenvalue weighted by Crippen LogP contribution is -2.24. The number of carbonyl (C=O) groups excluding carboxylic acids is 1. The van der Waals surface area contributed by atoms with E-state index in [0.29, 0.717) is 11.5 Å². The van der Waals surface area contributed by atoms with Gasteiger partial charge in [0, 0.05) is 18.8 Å². The molecule has 0 aliphatic carbocycles. The number of rotatable bonds is 10. The van der Waals surface area contributed by atoms with Crippen LogP contribution < -0.4 is 19.8 Å². The summed E-state index contributed by atoms with van der Waals surface area (Å²) >= 11 is 0. The number of hydrazone groups is 1. The van der Waals surface area contributed by atoms with E-state index in [0.717, 1.165) is 24.3 Å². The summed E-state index contributed by atoms with van der Waals surface area (Å²) in [7, 11) is 1.55. The largest absolute Gasteiger partial charge is 0.493 e. The summed E-state index contributed by atoms with van der Waals surface area (Å²) in [6.45, 7) is 3.75. The minimum absolute atomic E-state index is 0.151. The summed E-state index contributed by atoms with van der Waals surface area (Å²) < 4.78 is 10.7. The topological polar surface area (TPSA) is 63.2 Å². The van der Waals surface area contributed by atoms with Crippen molar-refractivity contribution in [1.82, 2.24) is 5.43 Å². The Hall–Kier alpha value is -3.80. The third-order valence-electron chi connectivity index (χ3n) is 4.69. The SMILES string of the molecule is CCN(Cc1ccccc1)c1ccc(/C=N/NC(=O)COc2ccccc2OC)cc1. The van der Waals surface area contributed by atoms with E-state index in [1.54, 1.807) is 25.5 Å². The van der Waals surface area contributed by atoms with E-state index in [1.165, 1.54) is 5.56 Å². The van der Waals surface area contributed by atoms with Gasteiger partial charge < -0.3 is 14.4 Å². The molecule has 0 heterocycles. The van der Waals surface area contributed by atoms with Gasteiger partial charge in [-0.1, -0.05) is 54.6 Å². The smallest absolute Gasteiger partial charge is 0.277 e. The molecule has 31 heavy (non-hydrogen) atoms. The number of carbonyl (C=O) groups is 1. The average molecular weight is 418 g/mol. The summed E-state index contributed by atoms with van der Waals surface area (Å²) in [5, 5.41) is 4.01. The molecule has 0 atom stereocenters. The second kappa shape index (κ2) is 11.4. The summed E-state index contributed by atoms with van der Waals surface area (Å²) in [5.74, 6) is 0.738. The Morgan fingerprint density at radius 1 is 0.968 bits per heavy atom. The van der Waals surface area contributed by atoms with Crippen molar-refractivity contribution < 1.29 is 14.3 Å². The van der Waals surface area contributed by atoms with Crippen LogP contribution >= 0.6 is 0 Å². The Balaban J connectivity index is 1.50. The molecule has 0 saturated heterocycles. The summed E-state index contributed by atoms with van der Waals surface area (Å²) in [5.41, 5.74) is 5.78. The lowest BCUT2D eigenvalue weighted by molar-refractivity contribution is -0.123. The van der Waals surface area contributed by atoms with Crippen LogP contribution in [-0.2, 0) is 11.3 Å². The van der Waals surface area contributed by atoms with Crippen LogP contribution in [0.15, 0.2) is 84.0 Å². The zero-order valence-electron chi connectivity index (χ0n) is 17.8. The van der Waals surface area contributed by atoms with Gasteiger partial charge in [0.25, 0.3) is 5.91 Å². The van der Waals surface area contributed by atoms with Crippen LogP contribution in [0.1, 0.15) is 18.1 Å². The number of methoxy groups -OCH3 is 1. The van der Waals surface area contributed by atoms with Gasteiger partial charge in [-0.25, -0.2) is 5.43 Å². The zero-order valence-corrected chi connectivity index (χ0v) is 17.8. The van der Waals surface area contributed by atoms with Gasteiger partial charge in [-0.3, -0.25) is 4.79 Å². The van der Waals surface area contributed by atoms with E-state index in [4.69, 9.17) is 9.47 Å². The fraction of sp³-hybridized carbons (Fsp3) is 0.200. The van der Waals surface area contributed by atoms with Crippen LogP contribution in [0.25, 0.3) is 0 Å². The highest BCUT2D eigenvalue weighted by molar-refractivity contribution is 5.83. The summed E-state index contributed by atoms with van der Waals surface area (Å²) in [6.07, 6.45) is 1.61. The van der Waals surface area contributed by atoms with E-state index in [-0.39, 0.29) is 12.5 Å². The number of amides is 1. The molecule has 6 heteroatoms. The molecule has 3 aromatic carbocycles. The highest BCUT2D eigenvalue weighted by atomic mass is 16.5. The molecule has 0 radical (unpaired) electrons. The number of ether oxygens (including phenoxy) is 2. The molecule has 0 fully saturated rings. The van der Waals surface area contributed by atoms with Crippen LogP contribution in [0, 0.1) is 0 Å². The van der Waals surface area contributed by atoms with Crippen LogP contribution in [0.3, 0.4) is 0 Å². The molecule has 0 bridgehead atoms. The molecule has 0 spiro atoms. The van der Waals surface area contributed by atoms with Crippen molar-refractivity contribution >= 4 is 17.8 Å². The minimum atomic E-state index is -0.348. The normalized spacial score (nSPS) is 10.6. The molecule has 0 saturated carbocycles. The average Bonchev–Trinajstić information content (AvgIpc) is 2.82. The van der Waals surface area contributed by atoms with E-state index < -0.39 is 0 Å². The summed E-state index contributed by atoms with van der Waals surface area (Å²) in [4.78, 5) is 14.3. The second-order valence-electron chi connectivity index (χ2n) is 6.82. The van der Waals surface area contributed by atoms with E-state index in [2.05, 4.69) is 58.7 Å². The van der Waals surface area contributed by atoms with Crippen molar-refractivity contribution in [3.63, 3.8) is 0 Å². The molecule has 160 valence electrons. The Kier molecular flexibility index (Phi) is 8.05. The number of para-hydroxylation sites is 2. The Morgan fingerprint density at radius 3 is 2.32 bits per heavy atom. The van der Waals surface area contributed by atoms with Gasteiger partial charge in [-0.2, -0.15) is 5.10 Å². The molecular weight excluding hydrogens is 390 g/mol. The predicted octanol–water partition coefficient (Wildman–Crippen LogP) is 4.25. The molecule has 0 unspecified atom stereocenters. The molecule has 1 N–H and O–H groups in total. The first-order valence-electron chi connectivity index (χ1n) is 10.2. The zero-order chi connectivity index (χ0) is 21.9. The molecule has 6 nitrogen and oxygen atoms in total. The Labute approximate surface area is 183 Å². The van der Waals surface area contributed by atoms with E-state index in [9.17, 15) is 4.79 Å². The molecule has 0 aliphatic rings. The quantitative estimate of drug-likeness (QED) is 0.396. The number of hydrogen-bond donors (Lipinski definition) is 1. The monoisotopic (exact) mass is 417 g/mol. The number of nitrogens with one attached hydrogen (secondary N) is 1. The molecule has 3 rings (SSSR count). The fourth-order valence-corrected chi connectivity index (χ4v) is 3.05. The fourth-order valence-electron chi connectivity index (χ4n) is 3.05. The van der Waals surface area contributed by atoms with Gasteiger partial charge in [0.05, 0.1) is 13.3 Å². The van der Waals surface area contributed by atoms with Crippen molar-refractivity contribution in [3.8, 4) is 11.5 Å². The molecule has 0 aromatic heterocycles. The third-order valence-corrected chi connectivity index (χ3v) is 4.69. The lowest BCUT2D eigenvalue weighted by Gasteiger charge is -2.23. The molecular formula is C25H27N3O3. The van der Waals surface area contributed by atoms with Crippen molar-refractivity contribution in [3.05, 3.63) is 90.0 Å². The van der Waals surface area contributed by atoms with Crippen molar-refractivity contribution in [1.29, 1.82) is 0 Å². The van der Waals surface area contributed by atoms with Crippen molar-refractivity contribution in [2.45, 2.75) is 13.5 Å². The summed E-state index contributed by atoms with van der Waals surface area (Å²) in [6, 6.07) is 25.6. The highest BCUT2D eigenvalue weighted by Gasteiger charge is 2.07. The Bertz CT molecular complexity index is 988. The van der Waals surface area contributed by atoms with Gasteiger partial charge in [0.1, 0.15) is 0 Å². The molecule has 3 aromatic rings. The highest BCUT2D eigenvalue weighted by Crippen LogP contribution is 2.25. The van der Waals surface area contributed by atoms with Gasteiger partial charge in [0.2, 0.25) is 0 Å². The van der Waals surface area contributed by atoms with Gasteiger partial charge in [-0.15, -0.1) is 0 Å². The van der Waals surface area contributed by atoms with Gasteiger partial charge in [-0.05, 0) is 42.3 Å². The number of nitrogens with zero attached hydrogens (tertiary/aromatic N) is 2. The minimum Gasteiger partial charge on any atom is -0.493 e. The van der Waals surface area contributed by atoms with Crippen LogP contribution in [0.4, 0.5) is 5.69 Å². The van der Waals surface area contributed by atoms with Crippen molar-refractivity contribution in [2.24, 2.45) is 5.10 Å². The van der Waals surface area contributed by atoms with Gasteiger partial charge in [0.15, 0.2) is 18.1 Å². The lowest BCUT2D eigenvalue weighted by atomic mass is 10.1. The molecule has 0 aliphatic heterocycles. The van der Waals surface area contributed by atoms with E-state index in [1.807, 2.05) is 30.3 Å². The standard InChI is InChI=1S/C25H27N3O3/c1-3-28(18-21-9-5-4-6-10-21)22-15-13-20(14-16-22)17-26-27-25(29)19-31-24-12-8-7-11-23(24)30-2/h4-17H,3,18-19H2,1-2H3,(H,27,29)/b26-17+. The van der Waals surface area contributed by atoms with E-state index >= 15 is 0 Å². The first-order chi connectivity index (χ1) is 15.2.